The number of amides is 1. The highest BCUT2D eigenvalue weighted by molar-refractivity contribution is 6.06. The Labute approximate surface area is 236 Å². The predicted octanol–water partition coefficient (Wildman–Crippen LogP) is 5.99. The van der Waals surface area contributed by atoms with Crippen LogP contribution in [-0.2, 0) is 14.4 Å². The zero-order chi connectivity index (χ0) is 28.8. The molecule has 0 spiro atoms. The van der Waals surface area contributed by atoms with E-state index in [0.29, 0.717) is 41.2 Å². The Hall–Kier alpha value is -3.87. The molecule has 7 heteroatoms. The third-order valence-electron chi connectivity index (χ3n) is 7.93. The maximum atomic E-state index is 13.6. The summed E-state index contributed by atoms with van der Waals surface area (Å²) < 4.78 is 11.5. The Morgan fingerprint density at radius 1 is 0.875 bits per heavy atom. The number of hydrogen-bond donors (Lipinski definition) is 2. The summed E-state index contributed by atoms with van der Waals surface area (Å²) in [5, 5.41) is 6.37. The number of aryl methyl sites for hydroxylation is 1. The molecule has 0 fully saturated rings. The number of allylic oxidation sites excluding steroid dienone is 4. The molecule has 0 saturated carbocycles. The van der Waals surface area contributed by atoms with Crippen LogP contribution in [0.2, 0.25) is 0 Å². The minimum absolute atomic E-state index is 0.0694. The lowest BCUT2D eigenvalue weighted by Gasteiger charge is -2.44. The molecule has 1 aliphatic heterocycles. The molecule has 1 heterocycles. The van der Waals surface area contributed by atoms with Gasteiger partial charge in [-0.25, -0.2) is 0 Å². The lowest BCUT2D eigenvalue weighted by Crippen LogP contribution is -2.42. The number of carbonyl (C=O) groups is 3. The van der Waals surface area contributed by atoms with Crippen molar-refractivity contribution in [3.05, 3.63) is 76.1 Å². The van der Waals surface area contributed by atoms with Crippen LogP contribution >= 0.6 is 0 Å². The van der Waals surface area contributed by atoms with Crippen LogP contribution in [0.3, 0.4) is 0 Å². The molecule has 1 amide bonds. The monoisotopic (exact) mass is 542 g/mol. The summed E-state index contributed by atoms with van der Waals surface area (Å²) in [6.45, 7) is 10.2. The highest BCUT2D eigenvalue weighted by Gasteiger charge is 2.46. The summed E-state index contributed by atoms with van der Waals surface area (Å²) in [6.07, 6.45) is 2.34. The van der Waals surface area contributed by atoms with E-state index in [1.807, 2.05) is 43.3 Å². The summed E-state index contributed by atoms with van der Waals surface area (Å²) in [5.41, 5.74) is 5.49. The molecule has 0 saturated heterocycles. The number of anilines is 1. The summed E-state index contributed by atoms with van der Waals surface area (Å²) in [6, 6.07) is 13.0. The maximum absolute atomic E-state index is 13.6. The Morgan fingerprint density at radius 3 is 2.00 bits per heavy atom. The molecule has 40 heavy (non-hydrogen) atoms. The van der Waals surface area contributed by atoms with Crippen molar-refractivity contribution in [2.45, 2.75) is 66.2 Å². The van der Waals surface area contributed by atoms with E-state index < -0.39 is 5.92 Å². The second kappa shape index (κ2) is 10.3. The van der Waals surface area contributed by atoms with Gasteiger partial charge in [-0.3, -0.25) is 14.4 Å². The number of dihydropyridines is 1. The molecular formula is C33H38N2O5. The van der Waals surface area contributed by atoms with Gasteiger partial charge in [0.25, 0.3) is 5.91 Å². The fourth-order valence-electron chi connectivity index (χ4n) is 6.18. The molecule has 2 N–H and O–H groups in total. The van der Waals surface area contributed by atoms with E-state index in [1.54, 1.807) is 13.2 Å². The highest BCUT2D eigenvalue weighted by atomic mass is 16.5. The van der Waals surface area contributed by atoms with Crippen LogP contribution in [0, 0.1) is 17.8 Å². The summed E-state index contributed by atoms with van der Waals surface area (Å²) in [4.78, 5) is 39.6. The standard InChI is InChI=1S/C33H38N2O5/c1-19-7-10-21(11-8-19)34-28(38)18-40-26-12-9-20(13-27(26)39-6)29-30-22(14-32(2,3)16-24(30)36)35-23-15-33(4,5)17-25(37)31(23)29/h7-13,29,35H,14-18H2,1-6H3,(H,34,38). The number of ketones is 2. The number of ether oxygens (including phenoxy) is 2. The van der Waals surface area contributed by atoms with Crippen LogP contribution < -0.4 is 20.1 Å². The van der Waals surface area contributed by atoms with E-state index in [4.69, 9.17) is 9.47 Å². The molecule has 3 aliphatic rings. The number of benzene rings is 2. The molecule has 0 unspecified atom stereocenters. The van der Waals surface area contributed by atoms with Crippen molar-refractivity contribution in [2.75, 3.05) is 19.0 Å². The second-order valence-electron chi connectivity index (χ2n) is 12.8. The van der Waals surface area contributed by atoms with E-state index in [-0.39, 0.29) is 34.9 Å². The van der Waals surface area contributed by atoms with Gasteiger partial charge >= 0.3 is 0 Å². The minimum atomic E-state index is -0.466. The van der Waals surface area contributed by atoms with Gasteiger partial charge in [0.15, 0.2) is 29.7 Å². The average molecular weight is 543 g/mol. The first-order valence-corrected chi connectivity index (χ1v) is 13.8. The van der Waals surface area contributed by atoms with Gasteiger partial charge < -0.3 is 20.1 Å². The van der Waals surface area contributed by atoms with E-state index in [2.05, 4.69) is 38.3 Å². The Kier molecular flexibility index (Phi) is 7.11. The Balaban J connectivity index is 1.46. The molecule has 0 atom stereocenters. The van der Waals surface area contributed by atoms with Crippen LogP contribution in [0.4, 0.5) is 5.69 Å². The normalized spacial score (nSPS) is 19.9. The zero-order valence-corrected chi connectivity index (χ0v) is 24.2. The topological polar surface area (TPSA) is 93.7 Å². The van der Waals surface area contributed by atoms with Gasteiger partial charge in [-0.15, -0.1) is 0 Å². The van der Waals surface area contributed by atoms with E-state index in [0.717, 1.165) is 35.4 Å². The Morgan fingerprint density at radius 2 is 1.45 bits per heavy atom. The first kappa shape index (κ1) is 27.7. The number of rotatable bonds is 6. The molecule has 2 aromatic carbocycles. The van der Waals surface area contributed by atoms with Crippen molar-refractivity contribution < 1.29 is 23.9 Å². The molecule has 2 aliphatic carbocycles. The van der Waals surface area contributed by atoms with Crippen LogP contribution in [0.5, 0.6) is 11.5 Å². The molecular weight excluding hydrogens is 504 g/mol. The molecule has 2 aromatic rings. The fourth-order valence-corrected chi connectivity index (χ4v) is 6.18. The maximum Gasteiger partial charge on any atom is 0.262 e. The van der Waals surface area contributed by atoms with Crippen LogP contribution in [-0.4, -0.2) is 31.2 Å². The average Bonchev–Trinajstić information content (AvgIpc) is 2.86. The van der Waals surface area contributed by atoms with Crippen molar-refractivity contribution >= 4 is 23.2 Å². The molecule has 0 aromatic heterocycles. The first-order valence-electron chi connectivity index (χ1n) is 13.8. The molecule has 5 rings (SSSR count). The number of nitrogens with one attached hydrogen (secondary N) is 2. The van der Waals surface area contributed by atoms with Crippen LogP contribution in [0.1, 0.15) is 70.4 Å². The molecule has 0 radical (unpaired) electrons. The lowest BCUT2D eigenvalue weighted by atomic mass is 9.64. The minimum Gasteiger partial charge on any atom is -0.493 e. The molecule has 0 bridgehead atoms. The number of Topliss-reactive ketones (excluding diaryl/α,β-unsaturated/α-hetero) is 2. The van der Waals surface area contributed by atoms with Gasteiger partial charge in [0.2, 0.25) is 0 Å². The van der Waals surface area contributed by atoms with Gasteiger partial charge in [-0.05, 0) is 60.4 Å². The molecule has 7 nitrogen and oxygen atoms in total. The quantitative estimate of drug-likeness (QED) is 0.466. The van der Waals surface area contributed by atoms with Crippen molar-refractivity contribution in [1.29, 1.82) is 0 Å². The van der Waals surface area contributed by atoms with Gasteiger partial charge in [0, 0.05) is 47.0 Å². The number of carbonyl (C=O) groups excluding carboxylic acids is 3. The second-order valence-corrected chi connectivity index (χ2v) is 12.8. The van der Waals surface area contributed by atoms with Gasteiger partial charge in [-0.1, -0.05) is 51.5 Å². The summed E-state index contributed by atoms with van der Waals surface area (Å²) in [7, 11) is 1.54. The number of hydrogen-bond acceptors (Lipinski definition) is 6. The smallest absolute Gasteiger partial charge is 0.262 e. The van der Waals surface area contributed by atoms with E-state index in [1.165, 1.54) is 0 Å². The van der Waals surface area contributed by atoms with Gasteiger partial charge in [0.1, 0.15) is 0 Å². The number of methoxy groups -OCH3 is 1. The van der Waals surface area contributed by atoms with Crippen LogP contribution in [0.15, 0.2) is 65.0 Å². The fraction of sp³-hybridized carbons (Fsp3) is 0.424. The summed E-state index contributed by atoms with van der Waals surface area (Å²) in [5.74, 6) is 0.237. The highest BCUT2D eigenvalue weighted by Crippen LogP contribution is 2.51. The third kappa shape index (κ3) is 5.55. The lowest BCUT2D eigenvalue weighted by molar-refractivity contribution is -0.119. The van der Waals surface area contributed by atoms with E-state index in [9.17, 15) is 14.4 Å². The van der Waals surface area contributed by atoms with Crippen molar-refractivity contribution in [2.24, 2.45) is 10.8 Å². The third-order valence-corrected chi connectivity index (χ3v) is 7.93. The zero-order valence-electron chi connectivity index (χ0n) is 24.2. The first-order chi connectivity index (χ1) is 18.9. The van der Waals surface area contributed by atoms with Gasteiger partial charge in [0.05, 0.1) is 7.11 Å². The van der Waals surface area contributed by atoms with Crippen LogP contribution in [0.25, 0.3) is 0 Å². The van der Waals surface area contributed by atoms with Gasteiger partial charge in [-0.2, -0.15) is 0 Å². The SMILES string of the molecule is COc1cc(C2C3=C(CC(C)(C)CC3=O)NC3=C2C(=O)CC(C)(C)C3)ccc1OCC(=O)Nc1ccc(C)cc1. The Bertz CT molecular complexity index is 1390. The van der Waals surface area contributed by atoms with Crippen molar-refractivity contribution in [3.63, 3.8) is 0 Å². The van der Waals surface area contributed by atoms with E-state index >= 15 is 0 Å². The largest absolute Gasteiger partial charge is 0.493 e. The van der Waals surface area contributed by atoms with Crippen molar-refractivity contribution in [1.82, 2.24) is 5.32 Å². The molecule has 210 valence electrons. The van der Waals surface area contributed by atoms with Crippen molar-refractivity contribution in [3.8, 4) is 11.5 Å². The summed E-state index contributed by atoms with van der Waals surface area (Å²) >= 11 is 0. The predicted molar refractivity (Wildman–Crippen MR) is 154 cm³/mol.